The second kappa shape index (κ2) is 3.92. The molecule has 1 N–H and O–H groups in total. The van der Waals surface area contributed by atoms with Crippen molar-refractivity contribution in [1.82, 2.24) is 0 Å². The van der Waals surface area contributed by atoms with Gasteiger partial charge < -0.3 is 5.11 Å². The average Bonchev–Trinajstić information content (AvgIpc) is 2.07. The van der Waals surface area contributed by atoms with Crippen molar-refractivity contribution in [1.29, 1.82) is 0 Å². The van der Waals surface area contributed by atoms with Crippen LogP contribution in [0.2, 0.25) is 0 Å². The first-order valence-corrected chi connectivity index (χ1v) is 5.07. The van der Waals surface area contributed by atoms with Crippen LogP contribution in [0.5, 0.6) is 0 Å². The summed E-state index contributed by atoms with van der Waals surface area (Å²) in [6, 6.07) is 3.63. The van der Waals surface area contributed by atoms with E-state index in [0.717, 1.165) is 22.0 Å². The van der Waals surface area contributed by atoms with Crippen molar-refractivity contribution in [3.05, 3.63) is 34.4 Å². The summed E-state index contributed by atoms with van der Waals surface area (Å²) in [5.74, 6) is -0.860. The molecule has 0 unspecified atom stereocenters. The van der Waals surface area contributed by atoms with Crippen LogP contribution in [0, 0.1) is 13.8 Å². The molecule has 1 rings (SSSR count). The fourth-order valence-corrected chi connectivity index (χ4v) is 1.85. The van der Waals surface area contributed by atoms with Crippen molar-refractivity contribution in [3.63, 3.8) is 0 Å². The molecule has 2 nitrogen and oxygen atoms in total. The number of halogens is 1. The average molecular weight is 243 g/mol. The van der Waals surface area contributed by atoms with Gasteiger partial charge in [0.25, 0.3) is 0 Å². The number of carboxylic acid groups (broad SMARTS) is 1. The number of alkyl halides is 1. The fourth-order valence-electron chi connectivity index (χ4n) is 1.25. The van der Waals surface area contributed by atoms with Gasteiger partial charge in [0, 0.05) is 5.33 Å². The van der Waals surface area contributed by atoms with E-state index in [2.05, 4.69) is 15.9 Å². The number of aromatic carboxylic acids is 1. The van der Waals surface area contributed by atoms with Gasteiger partial charge in [-0.1, -0.05) is 22.0 Å². The number of carboxylic acids is 1. The first kappa shape index (κ1) is 10.3. The lowest BCUT2D eigenvalue weighted by Crippen LogP contribution is -2.01. The van der Waals surface area contributed by atoms with Crippen molar-refractivity contribution in [2.75, 3.05) is 0 Å². The van der Waals surface area contributed by atoms with E-state index in [-0.39, 0.29) is 0 Å². The summed E-state index contributed by atoms with van der Waals surface area (Å²) in [7, 11) is 0. The Balaban J connectivity index is 3.28. The Labute approximate surface area is 85.7 Å². The Hall–Kier alpha value is -0.830. The third-order valence-electron chi connectivity index (χ3n) is 2.06. The fraction of sp³-hybridized carbons (Fsp3) is 0.300. The van der Waals surface area contributed by atoms with Gasteiger partial charge in [0.05, 0.1) is 5.56 Å². The number of benzene rings is 1. The normalized spacial score (nSPS) is 10.1. The maximum Gasteiger partial charge on any atom is 0.335 e. The van der Waals surface area contributed by atoms with Crippen LogP contribution in [0.15, 0.2) is 12.1 Å². The van der Waals surface area contributed by atoms with Gasteiger partial charge in [0.2, 0.25) is 0 Å². The van der Waals surface area contributed by atoms with E-state index >= 15 is 0 Å². The van der Waals surface area contributed by atoms with Gasteiger partial charge in [-0.05, 0) is 36.6 Å². The SMILES string of the molecule is Cc1cc(C(=O)O)c(C)cc1CBr. The molecular weight excluding hydrogens is 232 g/mol. The van der Waals surface area contributed by atoms with Crippen LogP contribution in [-0.2, 0) is 5.33 Å². The molecule has 0 heterocycles. The van der Waals surface area contributed by atoms with E-state index in [1.807, 2.05) is 19.9 Å². The quantitative estimate of drug-likeness (QED) is 0.811. The number of hydrogen-bond donors (Lipinski definition) is 1. The molecule has 1 aromatic carbocycles. The second-order valence-electron chi connectivity index (χ2n) is 3.03. The van der Waals surface area contributed by atoms with E-state index in [0.29, 0.717) is 5.56 Å². The van der Waals surface area contributed by atoms with Crippen molar-refractivity contribution in [2.45, 2.75) is 19.2 Å². The number of hydrogen-bond acceptors (Lipinski definition) is 1. The maximum absolute atomic E-state index is 10.8. The summed E-state index contributed by atoms with van der Waals surface area (Å²) in [5, 5.41) is 9.61. The molecule has 0 aliphatic rings. The summed E-state index contributed by atoms with van der Waals surface area (Å²) in [4.78, 5) is 10.8. The van der Waals surface area contributed by atoms with Crippen molar-refractivity contribution in [2.24, 2.45) is 0 Å². The van der Waals surface area contributed by atoms with Gasteiger partial charge in [0.15, 0.2) is 0 Å². The van der Waals surface area contributed by atoms with E-state index in [4.69, 9.17) is 5.11 Å². The molecule has 3 heteroatoms. The molecule has 0 atom stereocenters. The zero-order valence-corrected chi connectivity index (χ0v) is 9.18. The Morgan fingerprint density at radius 2 is 2.00 bits per heavy atom. The largest absolute Gasteiger partial charge is 0.478 e. The first-order chi connectivity index (χ1) is 6.06. The number of rotatable bonds is 2. The Morgan fingerprint density at radius 1 is 1.38 bits per heavy atom. The predicted molar refractivity (Wildman–Crippen MR) is 55.5 cm³/mol. The summed E-state index contributed by atoms with van der Waals surface area (Å²) >= 11 is 3.36. The lowest BCUT2D eigenvalue weighted by atomic mass is 10.0. The molecule has 1 aromatic rings. The van der Waals surface area contributed by atoms with Crippen molar-refractivity contribution in [3.8, 4) is 0 Å². The Morgan fingerprint density at radius 3 is 2.46 bits per heavy atom. The Bertz CT molecular complexity index is 345. The highest BCUT2D eigenvalue weighted by Crippen LogP contribution is 2.18. The minimum Gasteiger partial charge on any atom is -0.478 e. The van der Waals surface area contributed by atoms with E-state index in [9.17, 15) is 4.79 Å². The molecule has 0 amide bonds. The third kappa shape index (κ3) is 2.10. The highest BCUT2D eigenvalue weighted by molar-refractivity contribution is 9.08. The van der Waals surface area contributed by atoms with Crippen LogP contribution < -0.4 is 0 Å². The van der Waals surface area contributed by atoms with Crippen LogP contribution >= 0.6 is 15.9 Å². The molecule has 0 spiro atoms. The number of carbonyl (C=O) groups is 1. The maximum atomic E-state index is 10.8. The molecule has 0 aliphatic carbocycles. The lowest BCUT2D eigenvalue weighted by Gasteiger charge is -2.06. The van der Waals surface area contributed by atoms with Gasteiger partial charge in [0.1, 0.15) is 0 Å². The molecule has 0 saturated carbocycles. The molecule has 70 valence electrons. The minimum atomic E-state index is -0.860. The monoisotopic (exact) mass is 242 g/mol. The molecule has 0 fully saturated rings. The summed E-state index contributed by atoms with van der Waals surface area (Å²) in [5.41, 5.74) is 3.36. The van der Waals surface area contributed by atoms with Crippen LogP contribution in [0.4, 0.5) is 0 Å². The summed E-state index contributed by atoms with van der Waals surface area (Å²) in [6.45, 7) is 3.73. The zero-order valence-electron chi connectivity index (χ0n) is 7.60. The Kier molecular flexibility index (Phi) is 3.09. The van der Waals surface area contributed by atoms with Crippen LogP contribution in [0.3, 0.4) is 0 Å². The molecule has 0 bridgehead atoms. The van der Waals surface area contributed by atoms with Gasteiger partial charge in [-0.3, -0.25) is 0 Å². The standard InChI is InChI=1S/C10H11BrO2/c1-6-4-9(10(12)13)7(2)3-8(6)5-11/h3-4H,5H2,1-2H3,(H,12,13). The summed E-state index contributed by atoms with van der Waals surface area (Å²) in [6.07, 6.45) is 0. The number of aryl methyl sites for hydroxylation is 2. The highest BCUT2D eigenvalue weighted by Gasteiger charge is 2.09. The minimum absolute atomic E-state index is 0.391. The van der Waals surface area contributed by atoms with Gasteiger partial charge in [-0.15, -0.1) is 0 Å². The molecule has 0 radical (unpaired) electrons. The van der Waals surface area contributed by atoms with E-state index in [1.54, 1.807) is 6.07 Å². The van der Waals surface area contributed by atoms with E-state index in [1.165, 1.54) is 0 Å². The molecule has 13 heavy (non-hydrogen) atoms. The zero-order chi connectivity index (χ0) is 10.0. The van der Waals surface area contributed by atoms with Gasteiger partial charge in [-0.25, -0.2) is 4.79 Å². The third-order valence-corrected chi connectivity index (χ3v) is 2.66. The van der Waals surface area contributed by atoms with Crippen LogP contribution in [0.25, 0.3) is 0 Å². The molecule has 0 aliphatic heterocycles. The van der Waals surface area contributed by atoms with Crippen molar-refractivity contribution >= 4 is 21.9 Å². The molecular formula is C10H11BrO2. The smallest absolute Gasteiger partial charge is 0.335 e. The van der Waals surface area contributed by atoms with Crippen LogP contribution in [-0.4, -0.2) is 11.1 Å². The predicted octanol–water partition coefficient (Wildman–Crippen LogP) is 2.90. The van der Waals surface area contributed by atoms with Gasteiger partial charge in [-0.2, -0.15) is 0 Å². The van der Waals surface area contributed by atoms with Crippen LogP contribution in [0.1, 0.15) is 27.0 Å². The second-order valence-corrected chi connectivity index (χ2v) is 3.59. The summed E-state index contributed by atoms with van der Waals surface area (Å²) < 4.78 is 0. The topological polar surface area (TPSA) is 37.3 Å². The lowest BCUT2D eigenvalue weighted by molar-refractivity contribution is 0.0696. The highest BCUT2D eigenvalue weighted by atomic mass is 79.9. The first-order valence-electron chi connectivity index (χ1n) is 3.95. The molecule has 0 saturated heterocycles. The van der Waals surface area contributed by atoms with Gasteiger partial charge >= 0.3 is 5.97 Å². The van der Waals surface area contributed by atoms with Crippen molar-refractivity contribution < 1.29 is 9.90 Å². The van der Waals surface area contributed by atoms with E-state index < -0.39 is 5.97 Å². The molecule has 0 aromatic heterocycles.